The van der Waals surface area contributed by atoms with E-state index in [1.807, 2.05) is 50.2 Å². The quantitative estimate of drug-likeness (QED) is 0.215. The van der Waals surface area contributed by atoms with Crippen molar-refractivity contribution in [3.05, 3.63) is 71.3 Å². The number of ether oxygens (including phenoxy) is 4. The number of hydrogen-bond acceptors (Lipinski definition) is 7. The highest BCUT2D eigenvalue weighted by Crippen LogP contribution is 2.35. The van der Waals surface area contributed by atoms with E-state index >= 15 is 0 Å². The van der Waals surface area contributed by atoms with E-state index in [-0.39, 0.29) is 17.1 Å². The number of amides is 1. The van der Waals surface area contributed by atoms with Crippen molar-refractivity contribution in [2.75, 3.05) is 26.3 Å². The van der Waals surface area contributed by atoms with Gasteiger partial charge in [-0.1, -0.05) is 43.2 Å². The van der Waals surface area contributed by atoms with Crippen LogP contribution in [0, 0.1) is 0 Å². The van der Waals surface area contributed by atoms with Crippen LogP contribution in [0.5, 0.6) is 5.75 Å². The van der Waals surface area contributed by atoms with Crippen molar-refractivity contribution in [3.8, 4) is 5.75 Å². The van der Waals surface area contributed by atoms with Gasteiger partial charge in [0.2, 0.25) is 15.8 Å². The van der Waals surface area contributed by atoms with Crippen molar-refractivity contribution in [2.24, 2.45) is 5.14 Å². The van der Waals surface area contributed by atoms with E-state index in [9.17, 15) is 13.2 Å². The maximum absolute atomic E-state index is 12.4. The number of benzene rings is 3. The molecule has 1 saturated heterocycles. The normalized spacial score (nSPS) is 18.0. The minimum Gasteiger partial charge on any atom is -0.463 e. The average molecular weight is 611 g/mol. The first-order chi connectivity index (χ1) is 20.6. The summed E-state index contributed by atoms with van der Waals surface area (Å²) in [5.41, 5.74) is 3.05. The Hall–Kier alpha value is -3.18. The summed E-state index contributed by atoms with van der Waals surface area (Å²) in [6.45, 7) is 6.93. The molecule has 10 heteroatoms. The number of fused-ring (bicyclic) bond motifs is 2. The predicted molar refractivity (Wildman–Crippen MR) is 164 cm³/mol. The van der Waals surface area contributed by atoms with E-state index in [0.717, 1.165) is 84.8 Å². The Morgan fingerprint density at radius 1 is 0.977 bits per heavy atom. The Kier molecular flexibility index (Phi) is 9.91. The lowest BCUT2D eigenvalue weighted by molar-refractivity contribution is -0.180. The second kappa shape index (κ2) is 13.6. The van der Waals surface area contributed by atoms with Gasteiger partial charge in [0.05, 0.1) is 18.0 Å². The molecule has 0 saturated carbocycles. The minimum atomic E-state index is -3.73. The third-order valence-electron chi connectivity index (χ3n) is 8.00. The first kappa shape index (κ1) is 31.3. The minimum absolute atomic E-state index is 0.140. The molecule has 1 amide bonds. The van der Waals surface area contributed by atoms with E-state index in [1.165, 1.54) is 0 Å². The molecule has 2 N–H and O–H groups in total. The first-order valence-corrected chi connectivity index (χ1v) is 16.7. The van der Waals surface area contributed by atoms with Crippen LogP contribution in [0.15, 0.2) is 59.5 Å². The highest BCUT2D eigenvalue weighted by molar-refractivity contribution is 7.89. The van der Waals surface area contributed by atoms with Gasteiger partial charge in [-0.25, -0.2) is 18.4 Å². The molecule has 2 heterocycles. The maximum atomic E-state index is 12.4. The van der Waals surface area contributed by atoms with Crippen molar-refractivity contribution in [1.82, 2.24) is 4.90 Å². The number of primary sulfonamides is 1. The molecule has 1 atom stereocenters. The summed E-state index contributed by atoms with van der Waals surface area (Å²) in [5.74, 6) is 0.179. The number of cyclic esters (lactones) is 1. The van der Waals surface area contributed by atoms with Gasteiger partial charge in [0.15, 0.2) is 0 Å². The summed E-state index contributed by atoms with van der Waals surface area (Å²) in [6.07, 6.45) is 6.21. The van der Waals surface area contributed by atoms with Gasteiger partial charge in [0.25, 0.3) is 0 Å². The monoisotopic (exact) mass is 610 g/mol. The average Bonchev–Trinajstić information content (AvgIpc) is 3.34. The van der Waals surface area contributed by atoms with Crippen LogP contribution < -0.4 is 9.88 Å². The maximum Gasteiger partial charge on any atom is 0.410 e. The Labute approximate surface area is 254 Å². The fourth-order valence-electron chi connectivity index (χ4n) is 5.62. The lowest BCUT2D eigenvalue weighted by Crippen LogP contribution is -2.35. The van der Waals surface area contributed by atoms with E-state index in [2.05, 4.69) is 0 Å². The molecule has 0 aliphatic carbocycles. The van der Waals surface area contributed by atoms with Gasteiger partial charge in [0, 0.05) is 39.2 Å². The van der Waals surface area contributed by atoms with Gasteiger partial charge >= 0.3 is 6.09 Å². The molecular weight excluding hydrogens is 568 g/mol. The Balaban J connectivity index is 0.937. The van der Waals surface area contributed by atoms with Crippen molar-refractivity contribution < 1.29 is 32.2 Å². The van der Waals surface area contributed by atoms with Crippen LogP contribution in [-0.4, -0.2) is 51.5 Å². The van der Waals surface area contributed by atoms with Crippen LogP contribution in [0.25, 0.3) is 10.8 Å². The molecule has 2 aliphatic heterocycles. The molecule has 9 nitrogen and oxygen atoms in total. The van der Waals surface area contributed by atoms with Crippen LogP contribution in [0.4, 0.5) is 4.79 Å². The molecule has 0 unspecified atom stereocenters. The van der Waals surface area contributed by atoms with Crippen molar-refractivity contribution in [1.29, 1.82) is 0 Å². The van der Waals surface area contributed by atoms with E-state index in [4.69, 9.17) is 24.1 Å². The second-order valence-corrected chi connectivity index (χ2v) is 13.4. The first-order valence-electron chi connectivity index (χ1n) is 15.1. The van der Waals surface area contributed by atoms with Gasteiger partial charge in [-0.15, -0.1) is 0 Å². The number of rotatable bonds is 14. The summed E-state index contributed by atoms with van der Waals surface area (Å²) in [7, 11) is -3.73. The van der Waals surface area contributed by atoms with Gasteiger partial charge in [-0.3, -0.25) is 0 Å². The standard InChI is InChI=1S/C33H42N2O7S/c1-33(2)40-23-27-20-26(14-16-30(27)42-33)31-22-35(32(36)41-31)17-6-3-4-7-18-39-19-8-5-10-24-11-9-12-25-13-15-28(21-29(24)25)43(34,37)38/h9,11-16,20-21,31H,3-8,10,17-19,22-23H2,1-2H3,(H2,34,37,38)/t31-/m0/s1. The molecule has 5 rings (SSSR count). The molecule has 0 radical (unpaired) electrons. The van der Waals surface area contributed by atoms with E-state index < -0.39 is 15.8 Å². The third-order valence-corrected chi connectivity index (χ3v) is 8.91. The fourth-order valence-corrected chi connectivity index (χ4v) is 6.16. The molecule has 2 aliphatic rings. The zero-order valence-electron chi connectivity index (χ0n) is 25.0. The lowest BCUT2D eigenvalue weighted by atomic mass is 10.0. The van der Waals surface area contributed by atoms with Gasteiger partial charge < -0.3 is 23.8 Å². The van der Waals surface area contributed by atoms with Crippen molar-refractivity contribution in [3.63, 3.8) is 0 Å². The highest BCUT2D eigenvalue weighted by Gasteiger charge is 2.33. The van der Waals surface area contributed by atoms with E-state index in [1.54, 1.807) is 23.1 Å². The molecule has 0 bridgehead atoms. The molecule has 3 aromatic carbocycles. The molecule has 43 heavy (non-hydrogen) atoms. The molecule has 0 aromatic heterocycles. The number of carbonyl (C=O) groups is 1. The number of nitrogens with zero attached hydrogens (tertiary/aromatic N) is 1. The zero-order chi connectivity index (χ0) is 30.5. The molecular formula is C33H42N2O7S. The lowest BCUT2D eigenvalue weighted by Gasteiger charge is -2.32. The van der Waals surface area contributed by atoms with Crippen LogP contribution in [-0.2, 0) is 37.3 Å². The smallest absolute Gasteiger partial charge is 0.410 e. The van der Waals surface area contributed by atoms with Gasteiger partial charge in [-0.05, 0) is 78.3 Å². The summed E-state index contributed by atoms with van der Waals surface area (Å²) in [5, 5.41) is 7.25. The number of unbranched alkanes of at least 4 members (excludes halogenated alkanes) is 4. The van der Waals surface area contributed by atoms with Gasteiger partial charge in [0.1, 0.15) is 11.9 Å². The summed E-state index contributed by atoms with van der Waals surface area (Å²) < 4.78 is 46.6. The number of hydrogen-bond donors (Lipinski definition) is 1. The SMILES string of the molecule is CC1(C)OCc2cc([C@@H]3CN(CCCCCCOCCCCc4cccc5ccc(S(N)(=O)=O)cc45)C(=O)O3)ccc2O1. The van der Waals surface area contributed by atoms with Crippen LogP contribution in [0.1, 0.15) is 75.2 Å². The van der Waals surface area contributed by atoms with Crippen molar-refractivity contribution >= 4 is 26.9 Å². The predicted octanol–water partition coefficient (Wildman–Crippen LogP) is 6.23. The van der Waals surface area contributed by atoms with Crippen LogP contribution in [0.3, 0.4) is 0 Å². The second-order valence-electron chi connectivity index (χ2n) is 11.8. The summed E-state index contributed by atoms with van der Waals surface area (Å²) >= 11 is 0. The largest absolute Gasteiger partial charge is 0.463 e. The number of aryl methyl sites for hydroxylation is 1. The number of sulfonamides is 1. The van der Waals surface area contributed by atoms with Crippen molar-refractivity contribution in [2.45, 2.75) is 82.2 Å². The fraction of sp³-hybridized carbons (Fsp3) is 0.485. The zero-order valence-corrected chi connectivity index (χ0v) is 25.9. The topological polar surface area (TPSA) is 117 Å². The summed E-state index contributed by atoms with van der Waals surface area (Å²) in [6, 6.07) is 17.0. The molecule has 232 valence electrons. The Bertz CT molecular complexity index is 1540. The Morgan fingerprint density at radius 3 is 2.58 bits per heavy atom. The third kappa shape index (κ3) is 8.26. The van der Waals surface area contributed by atoms with E-state index in [0.29, 0.717) is 26.3 Å². The number of carbonyl (C=O) groups excluding carboxylic acids is 1. The Morgan fingerprint density at radius 2 is 1.77 bits per heavy atom. The van der Waals surface area contributed by atoms with Crippen LogP contribution in [0.2, 0.25) is 0 Å². The highest BCUT2D eigenvalue weighted by atomic mass is 32.2. The summed E-state index contributed by atoms with van der Waals surface area (Å²) in [4.78, 5) is 14.4. The molecule has 0 spiro atoms. The molecule has 1 fully saturated rings. The number of nitrogens with two attached hydrogens (primary N) is 1. The van der Waals surface area contributed by atoms with Crippen LogP contribution >= 0.6 is 0 Å². The molecule has 3 aromatic rings. The van der Waals surface area contributed by atoms with Gasteiger partial charge in [-0.2, -0.15) is 0 Å².